The van der Waals surface area contributed by atoms with Crippen molar-refractivity contribution in [2.75, 3.05) is 16.3 Å². The molecule has 7 heteroatoms. The monoisotopic (exact) mass is 460 g/mol. The van der Waals surface area contributed by atoms with Crippen molar-refractivity contribution in [3.05, 3.63) is 54.1 Å². The van der Waals surface area contributed by atoms with E-state index in [4.69, 9.17) is 4.74 Å². The normalized spacial score (nSPS) is 26.7. The molecule has 5 rings (SSSR count). The summed E-state index contributed by atoms with van der Waals surface area (Å²) in [6, 6.07) is 14.1. The predicted molar refractivity (Wildman–Crippen MR) is 126 cm³/mol. The highest BCUT2D eigenvalue weighted by Crippen LogP contribution is 2.42. The first-order valence-corrected chi connectivity index (χ1v) is 11.9. The van der Waals surface area contributed by atoms with Gasteiger partial charge in [-0.1, -0.05) is 25.1 Å². The van der Waals surface area contributed by atoms with Crippen LogP contribution in [0.25, 0.3) is 0 Å². The summed E-state index contributed by atoms with van der Waals surface area (Å²) in [4.78, 5) is 54.3. The smallest absolute Gasteiger partial charge is 0.316 e. The second-order valence-corrected chi connectivity index (χ2v) is 9.81. The molecule has 3 aliphatic rings. The van der Waals surface area contributed by atoms with Crippen LogP contribution < -0.4 is 14.5 Å². The van der Waals surface area contributed by atoms with Crippen LogP contribution in [-0.2, 0) is 19.2 Å². The maximum absolute atomic E-state index is 13.0. The van der Waals surface area contributed by atoms with E-state index in [1.54, 1.807) is 29.2 Å². The Labute approximate surface area is 198 Å². The van der Waals surface area contributed by atoms with Crippen LogP contribution in [0.3, 0.4) is 0 Å². The van der Waals surface area contributed by atoms with E-state index < -0.39 is 11.9 Å². The highest BCUT2D eigenvalue weighted by molar-refractivity contribution is 6.22. The molecule has 2 aromatic rings. The fraction of sp³-hybridized carbons (Fsp3) is 0.407. The van der Waals surface area contributed by atoms with Crippen LogP contribution in [0.4, 0.5) is 11.4 Å². The number of hydrogen-bond acceptors (Lipinski definition) is 5. The van der Waals surface area contributed by atoms with Crippen LogP contribution in [0.2, 0.25) is 0 Å². The SMILES string of the molecule is Cc1cccc(N2C[C@@H](C(=O)Oc3cccc(N4C(=O)[C@H]5C[C@@H](C)CC[C@H]5C4=O)c3)CC2=O)c1. The Bertz CT molecular complexity index is 1180. The summed E-state index contributed by atoms with van der Waals surface area (Å²) in [7, 11) is 0. The van der Waals surface area contributed by atoms with Gasteiger partial charge in [-0.15, -0.1) is 0 Å². The lowest BCUT2D eigenvalue weighted by Crippen LogP contribution is -2.31. The van der Waals surface area contributed by atoms with Crippen LogP contribution >= 0.6 is 0 Å². The van der Waals surface area contributed by atoms with Crippen LogP contribution in [0.1, 0.15) is 38.2 Å². The number of anilines is 2. The van der Waals surface area contributed by atoms with E-state index >= 15 is 0 Å². The Morgan fingerprint density at radius 1 is 0.941 bits per heavy atom. The zero-order chi connectivity index (χ0) is 24.0. The highest BCUT2D eigenvalue weighted by atomic mass is 16.5. The quantitative estimate of drug-likeness (QED) is 0.393. The first-order chi connectivity index (χ1) is 16.3. The standard InChI is InChI=1S/C27H28N2O5/c1-16-5-3-6-19(11-16)28-15-18(13-24(28)30)27(33)34-21-8-4-7-20(14-21)29-25(31)22-10-9-17(2)12-23(22)26(29)32/h3-8,11,14,17-18,22-23H,9-10,12-13,15H2,1-2H3/t17-,18-,22+,23-/m0/s1. The van der Waals surface area contributed by atoms with Crippen molar-refractivity contribution in [1.29, 1.82) is 0 Å². The number of carbonyl (C=O) groups is 4. The third-order valence-electron chi connectivity index (χ3n) is 7.25. The summed E-state index contributed by atoms with van der Waals surface area (Å²) in [5.74, 6) is -1.37. The maximum Gasteiger partial charge on any atom is 0.316 e. The Morgan fingerprint density at radius 2 is 1.68 bits per heavy atom. The molecule has 4 atom stereocenters. The van der Waals surface area contributed by atoms with Gasteiger partial charge in [0.25, 0.3) is 0 Å². The van der Waals surface area contributed by atoms with E-state index in [0.717, 1.165) is 30.5 Å². The van der Waals surface area contributed by atoms with Gasteiger partial charge in [-0.2, -0.15) is 0 Å². The summed E-state index contributed by atoms with van der Waals surface area (Å²) in [6.07, 6.45) is 2.49. The summed E-state index contributed by atoms with van der Waals surface area (Å²) >= 11 is 0. The molecule has 0 aromatic heterocycles. The Balaban J connectivity index is 1.29. The van der Waals surface area contributed by atoms with Crippen LogP contribution in [-0.4, -0.2) is 30.2 Å². The minimum Gasteiger partial charge on any atom is -0.426 e. The number of amides is 3. The van der Waals surface area contributed by atoms with E-state index in [9.17, 15) is 19.2 Å². The van der Waals surface area contributed by atoms with E-state index in [2.05, 4.69) is 6.92 Å². The fourth-order valence-electron chi connectivity index (χ4n) is 5.44. The number of nitrogens with zero attached hydrogens (tertiary/aromatic N) is 2. The van der Waals surface area contributed by atoms with Gasteiger partial charge in [0.1, 0.15) is 5.75 Å². The number of rotatable bonds is 4. The van der Waals surface area contributed by atoms with Crippen molar-refractivity contribution in [2.24, 2.45) is 23.7 Å². The molecule has 3 amide bonds. The van der Waals surface area contributed by atoms with Gasteiger partial charge in [-0.3, -0.25) is 19.2 Å². The first-order valence-electron chi connectivity index (χ1n) is 11.9. The molecule has 0 N–H and O–H groups in total. The molecular weight excluding hydrogens is 432 g/mol. The van der Waals surface area contributed by atoms with Gasteiger partial charge >= 0.3 is 5.97 Å². The molecule has 2 aliphatic heterocycles. The molecule has 0 bridgehead atoms. The van der Waals surface area contributed by atoms with E-state index in [-0.39, 0.29) is 48.3 Å². The molecule has 2 heterocycles. The molecule has 1 saturated carbocycles. The number of esters is 1. The molecule has 1 aliphatic carbocycles. The summed E-state index contributed by atoms with van der Waals surface area (Å²) in [5.41, 5.74) is 2.23. The van der Waals surface area contributed by atoms with Crippen molar-refractivity contribution < 1.29 is 23.9 Å². The molecule has 2 aromatic carbocycles. The molecule has 34 heavy (non-hydrogen) atoms. The third kappa shape index (κ3) is 4.00. The van der Waals surface area contributed by atoms with Crippen molar-refractivity contribution in [3.8, 4) is 5.75 Å². The minimum absolute atomic E-state index is 0.0805. The van der Waals surface area contributed by atoms with Crippen molar-refractivity contribution in [3.63, 3.8) is 0 Å². The van der Waals surface area contributed by atoms with Crippen LogP contribution in [0.15, 0.2) is 48.5 Å². The molecule has 7 nitrogen and oxygen atoms in total. The Kier molecular flexibility index (Phi) is 5.71. The number of fused-ring (bicyclic) bond motifs is 1. The third-order valence-corrected chi connectivity index (χ3v) is 7.25. The second-order valence-electron chi connectivity index (χ2n) is 9.81. The number of benzene rings is 2. The fourth-order valence-corrected chi connectivity index (χ4v) is 5.44. The molecule has 0 unspecified atom stereocenters. The maximum atomic E-state index is 13.0. The number of carbonyl (C=O) groups excluding carboxylic acids is 4. The molecule has 3 fully saturated rings. The number of aryl methyl sites for hydroxylation is 1. The Hall–Kier alpha value is -3.48. The molecule has 176 valence electrons. The zero-order valence-corrected chi connectivity index (χ0v) is 19.4. The van der Waals surface area contributed by atoms with Gasteiger partial charge in [-0.25, -0.2) is 4.90 Å². The van der Waals surface area contributed by atoms with E-state index in [0.29, 0.717) is 11.6 Å². The van der Waals surface area contributed by atoms with Gasteiger partial charge < -0.3 is 9.64 Å². The van der Waals surface area contributed by atoms with Gasteiger partial charge in [0.2, 0.25) is 17.7 Å². The van der Waals surface area contributed by atoms with Crippen LogP contribution in [0, 0.1) is 30.6 Å². The molecular formula is C27H28N2O5. The van der Waals surface area contributed by atoms with Crippen molar-refractivity contribution >= 4 is 35.1 Å². The largest absolute Gasteiger partial charge is 0.426 e. The molecule has 0 spiro atoms. The van der Waals surface area contributed by atoms with Crippen molar-refractivity contribution in [2.45, 2.75) is 39.5 Å². The minimum atomic E-state index is -0.587. The summed E-state index contributed by atoms with van der Waals surface area (Å²) < 4.78 is 5.59. The topological polar surface area (TPSA) is 84.0 Å². The number of imide groups is 1. The second kappa shape index (κ2) is 8.70. The van der Waals surface area contributed by atoms with Crippen molar-refractivity contribution in [1.82, 2.24) is 0 Å². The van der Waals surface area contributed by atoms with Crippen LogP contribution in [0.5, 0.6) is 5.75 Å². The average Bonchev–Trinajstić information content (AvgIpc) is 3.31. The zero-order valence-electron chi connectivity index (χ0n) is 19.4. The lowest BCUT2D eigenvalue weighted by molar-refractivity contribution is -0.139. The molecule has 0 radical (unpaired) electrons. The van der Waals surface area contributed by atoms with Gasteiger partial charge in [0.05, 0.1) is 23.4 Å². The van der Waals surface area contributed by atoms with Gasteiger partial charge in [-0.05, 0) is 61.9 Å². The number of hydrogen-bond donors (Lipinski definition) is 0. The predicted octanol–water partition coefficient (Wildman–Crippen LogP) is 3.88. The first kappa shape index (κ1) is 22.3. The molecule has 2 saturated heterocycles. The lowest BCUT2D eigenvalue weighted by atomic mass is 9.76. The Morgan fingerprint density at radius 3 is 2.47 bits per heavy atom. The van der Waals surface area contributed by atoms with E-state index in [1.807, 2.05) is 31.2 Å². The lowest BCUT2D eigenvalue weighted by Gasteiger charge is -2.25. The summed E-state index contributed by atoms with van der Waals surface area (Å²) in [5, 5.41) is 0. The highest BCUT2D eigenvalue weighted by Gasteiger charge is 2.50. The average molecular weight is 461 g/mol. The van der Waals surface area contributed by atoms with Gasteiger partial charge in [0, 0.05) is 24.7 Å². The summed E-state index contributed by atoms with van der Waals surface area (Å²) in [6.45, 7) is 4.32. The number of ether oxygens (including phenoxy) is 1. The van der Waals surface area contributed by atoms with E-state index in [1.165, 1.54) is 4.90 Å². The van der Waals surface area contributed by atoms with Gasteiger partial charge in [0.15, 0.2) is 0 Å².